The third-order valence-electron chi connectivity index (χ3n) is 1.98. The maximum Gasteiger partial charge on any atom is 0.140 e. The van der Waals surface area contributed by atoms with Crippen molar-refractivity contribution < 1.29 is 4.74 Å². The maximum absolute atomic E-state index is 5.78. The van der Waals surface area contributed by atoms with Crippen molar-refractivity contribution in [3.63, 3.8) is 0 Å². The van der Waals surface area contributed by atoms with Crippen LogP contribution in [0.25, 0.3) is 0 Å². The minimum atomic E-state index is 0.749. The zero-order valence-electron chi connectivity index (χ0n) is 8.28. The molecule has 0 saturated carbocycles. The molecule has 0 aromatic heterocycles. The van der Waals surface area contributed by atoms with Crippen molar-refractivity contribution in [1.29, 1.82) is 0 Å². The molecule has 0 saturated heterocycles. The molecule has 0 aliphatic carbocycles. The number of ether oxygens (including phenoxy) is 1. The molecule has 0 aliphatic rings. The Morgan fingerprint density at radius 2 is 1.81 bits per heavy atom. The highest BCUT2D eigenvalue weighted by Gasteiger charge is 2.03. The molecule has 0 spiro atoms. The lowest BCUT2D eigenvalue weighted by molar-refractivity contribution is 0.479. The van der Waals surface area contributed by atoms with Crippen LogP contribution in [0.15, 0.2) is 42.5 Å². The first-order chi connectivity index (χ1) is 7.65. The van der Waals surface area contributed by atoms with Crippen molar-refractivity contribution in [1.82, 2.24) is 0 Å². The van der Waals surface area contributed by atoms with E-state index in [1.54, 1.807) is 0 Å². The Morgan fingerprint density at radius 1 is 1.00 bits per heavy atom. The molecule has 2 nitrogen and oxygen atoms in total. The van der Waals surface area contributed by atoms with Gasteiger partial charge in [0.1, 0.15) is 11.5 Å². The van der Waals surface area contributed by atoms with Crippen molar-refractivity contribution in [3.8, 4) is 11.5 Å². The van der Waals surface area contributed by atoms with Crippen LogP contribution in [0.4, 0.5) is 5.69 Å². The standard InChI is InChI=1S/C12H9I2NO/c13-8-2-1-3-10(6-8)16-12-5-4-9(15)7-11(12)14/h1-7H,15H2. The molecule has 2 rings (SSSR count). The summed E-state index contributed by atoms with van der Waals surface area (Å²) in [5, 5.41) is 0. The Labute approximate surface area is 121 Å². The van der Waals surface area contributed by atoms with E-state index in [2.05, 4.69) is 45.2 Å². The zero-order chi connectivity index (χ0) is 11.5. The highest BCUT2D eigenvalue weighted by Crippen LogP contribution is 2.28. The highest BCUT2D eigenvalue weighted by atomic mass is 127. The van der Waals surface area contributed by atoms with Crippen molar-refractivity contribution in [3.05, 3.63) is 49.6 Å². The van der Waals surface area contributed by atoms with Crippen LogP contribution in [-0.4, -0.2) is 0 Å². The van der Waals surface area contributed by atoms with Gasteiger partial charge >= 0.3 is 0 Å². The molecule has 0 unspecified atom stereocenters. The third kappa shape index (κ3) is 3.00. The van der Waals surface area contributed by atoms with Crippen LogP contribution in [0.1, 0.15) is 0 Å². The summed E-state index contributed by atoms with van der Waals surface area (Å²) in [5.41, 5.74) is 6.43. The average Bonchev–Trinajstić information content (AvgIpc) is 2.22. The molecule has 0 fully saturated rings. The zero-order valence-corrected chi connectivity index (χ0v) is 12.6. The van der Waals surface area contributed by atoms with Crippen LogP contribution in [0.3, 0.4) is 0 Å². The molecular weight excluding hydrogens is 428 g/mol. The number of benzene rings is 2. The molecule has 0 atom stereocenters. The summed E-state index contributed by atoms with van der Waals surface area (Å²) in [6.45, 7) is 0. The lowest BCUT2D eigenvalue weighted by atomic mass is 10.3. The van der Waals surface area contributed by atoms with Crippen molar-refractivity contribution in [2.45, 2.75) is 0 Å². The van der Waals surface area contributed by atoms with Gasteiger partial charge in [0.05, 0.1) is 3.57 Å². The summed E-state index contributed by atoms with van der Waals surface area (Å²) in [6.07, 6.45) is 0. The Morgan fingerprint density at radius 3 is 2.50 bits per heavy atom. The second-order valence-electron chi connectivity index (χ2n) is 3.25. The molecular formula is C12H9I2NO. The van der Waals surface area contributed by atoms with Crippen molar-refractivity contribution >= 4 is 50.9 Å². The van der Waals surface area contributed by atoms with Crippen LogP contribution < -0.4 is 10.5 Å². The molecule has 2 N–H and O–H groups in total. The second kappa shape index (κ2) is 5.22. The van der Waals surface area contributed by atoms with E-state index in [1.807, 2.05) is 42.5 Å². The maximum atomic E-state index is 5.78. The van der Waals surface area contributed by atoms with E-state index in [0.717, 1.165) is 24.3 Å². The smallest absolute Gasteiger partial charge is 0.140 e. The molecule has 0 amide bonds. The van der Waals surface area contributed by atoms with E-state index >= 15 is 0 Å². The van der Waals surface area contributed by atoms with Gasteiger partial charge in [0.15, 0.2) is 0 Å². The number of nitrogens with two attached hydrogens (primary N) is 1. The summed E-state index contributed by atoms with van der Waals surface area (Å²) >= 11 is 4.47. The fraction of sp³-hybridized carbons (Fsp3) is 0. The molecule has 2 aromatic rings. The first-order valence-electron chi connectivity index (χ1n) is 4.63. The lowest BCUT2D eigenvalue weighted by Gasteiger charge is -2.08. The van der Waals surface area contributed by atoms with Crippen molar-refractivity contribution in [2.75, 3.05) is 5.73 Å². The lowest BCUT2D eigenvalue weighted by Crippen LogP contribution is -1.90. The quantitative estimate of drug-likeness (QED) is 0.563. The fourth-order valence-corrected chi connectivity index (χ4v) is 2.42. The van der Waals surface area contributed by atoms with Gasteiger partial charge in [-0.05, 0) is 81.6 Å². The van der Waals surface area contributed by atoms with Gasteiger partial charge in [-0.2, -0.15) is 0 Å². The van der Waals surface area contributed by atoms with E-state index in [-0.39, 0.29) is 0 Å². The summed E-state index contributed by atoms with van der Waals surface area (Å²) < 4.78 is 7.94. The van der Waals surface area contributed by atoms with E-state index in [4.69, 9.17) is 10.5 Å². The Balaban J connectivity index is 2.27. The summed E-state index contributed by atoms with van der Waals surface area (Å²) in [7, 11) is 0. The minimum Gasteiger partial charge on any atom is -0.456 e. The molecule has 2 aromatic carbocycles. The second-order valence-corrected chi connectivity index (χ2v) is 5.66. The largest absolute Gasteiger partial charge is 0.456 e. The molecule has 82 valence electrons. The number of rotatable bonds is 2. The molecule has 16 heavy (non-hydrogen) atoms. The SMILES string of the molecule is Nc1ccc(Oc2cccc(I)c2)c(I)c1. The van der Waals surface area contributed by atoms with Crippen LogP contribution in [0.5, 0.6) is 11.5 Å². The number of anilines is 1. The van der Waals surface area contributed by atoms with Crippen LogP contribution in [0.2, 0.25) is 0 Å². The van der Waals surface area contributed by atoms with Gasteiger partial charge in [-0.15, -0.1) is 0 Å². The van der Waals surface area contributed by atoms with Crippen LogP contribution >= 0.6 is 45.2 Å². The van der Waals surface area contributed by atoms with E-state index in [0.29, 0.717) is 0 Å². The number of hydrogen-bond donors (Lipinski definition) is 1. The molecule has 0 heterocycles. The van der Waals surface area contributed by atoms with Gasteiger partial charge in [-0.25, -0.2) is 0 Å². The monoisotopic (exact) mass is 437 g/mol. The summed E-state index contributed by atoms with van der Waals surface area (Å²) in [4.78, 5) is 0. The normalized spacial score (nSPS) is 10.1. The van der Waals surface area contributed by atoms with Gasteiger partial charge in [-0.3, -0.25) is 0 Å². The third-order valence-corrected chi connectivity index (χ3v) is 3.49. The minimum absolute atomic E-state index is 0.749. The first-order valence-corrected chi connectivity index (χ1v) is 6.79. The number of halogens is 2. The summed E-state index contributed by atoms with van der Waals surface area (Å²) in [6, 6.07) is 13.6. The van der Waals surface area contributed by atoms with E-state index in [1.165, 1.54) is 0 Å². The Hall–Kier alpha value is -0.500. The predicted octanol–water partition coefficient (Wildman–Crippen LogP) is 4.27. The van der Waals surface area contributed by atoms with E-state index < -0.39 is 0 Å². The van der Waals surface area contributed by atoms with Crippen LogP contribution in [-0.2, 0) is 0 Å². The van der Waals surface area contributed by atoms with Crippen LogP contribution in [0, 0.1) is 7.14 Å². The number of hydrogen-bond acceptors (Lipinski definition) is 2. The molecule has 0 aliphatic heterocycles. The number of nitrogen functional groups attached to an aromatic ring is 1. The highest BCUT2D eigenvalue weighted by molar-refractivity contribution is 14.1. The molecule has 4 heteroatoms. The first kappa shape index (κ1) is 12.0. The fourth-order valence-electron chi connectivity index (χ4n) is 1.26. The topological polar surface area (TPSA) is 35.2 Å². The molecule has 0 radical (unpaired) electrons. The van der Waals surface area contributed by atoms with Gasteiger partial charge < -0.3 is 10.5 Å². The summed E-state index contributed by atoms with van der Waals surface area (Å²) in [5.74, 6) is 1.67. The van der Waals surface area contributed by atoms with Crippen molar-refractivity contribution in [2.24, 2.45) is 0 Å². The van der Waals surface area contributed by atoms with Gasteiger partial charge in [0, 0.05) is 9.26 Å². The Bertz CT molecular complexity index is 514. The molecule has 0 bridgehead atoms. The van der Waals surface area contributed by atoms with E-state index in [9.17, 15) is 0 Å². The van der Waals surface area contributed by atoms with Gasteiger partial charge in [-0.1, -0.05) is 6.07 Å². The predicted molar refractivity (Wildman–Crippen MR) is 82.8 cm³/mol. The Kier molecular flexibility index (Phi) is 3.91. The van der Waals surface area contributed by atoms with Gasteiger partial charge in [0.25, 0.3) is 0 Å². The van der Waals surface area contributed by atoms with Gasteiger partial charge in [0.2, 0.25) is 0 Å². The average molecular weight is 437 g/mol.